The predicted octanol–water partition coefficient (Wildman–Crippen LogP) is 3.80. The van der Waals surface area contributed by atoms with Crippen molar-refractivity contribution in [3.8, 4) is 0 Å². The summed E-state index contributed by atoms with van der Waals surface area (Å²) >= 11 is 3.56. The maximum absolute atomic E-state index is 12.4. The van der Waals surface area contributed by atoms with E-state index in [9.17, 15) is 8.42 Å². The third-order valence-electron chi connectivity index (χ3n) is 3.23. The van der Waals surface area contributed by atoms with Gasteiger partial charge in [0.25, 0.3) is 0 Å². The molecule has 0 bridgehead atoms. The van der Waals surface area contributed by atoms with Gasteiger partial charge in [-0.3, -0.25) is 0 Å². The topological polar surface area (TPSA) is 46.2 Å². The van der Waals surface area contributed by atoms with Gasteiger partial charge in [-0.05, 0) is 31.5 Å². The average molecular weight is 368 g/mol. The van der Waals surface area contributed by atoms with Gasteiger partial charge < -0.3 is 0 Å². The Morgan fingerprint density at radius 3 is 2.14 bits per heavy atom. The molecule has 1 N–H and O–H groups in total. The molecule has 3 nitrogen and oxygen atoms in total. The summed E-state index contributed by atoms with van der Waals surface area (Å²) in [4.78, 5) is 0.201. The quantitative estimate of drug-likeness (QED) is 0.816. The van der Waals surface area contributed by atoms with Crippen LogP contribution in [0.5, 0.6) is 0 Å². The van der Waals surface area contributed by atoms with Crippen molar-refractivity contribution < 1.29 is 8.42 Å². The molecule has 0 heterocycles. The van der Waals surface area contributed by atoms with Crippen LogP contribution in [0.25, 0.3) is 0 Å². The minimum absolute atomic E-state index is 0.0843. The summed E-state index contributed by atoms with van der Waals surface area (Å²) in [6, 6.07) is 16.3. The molecule has 112 valence electrons. The first-order chi connectivity index (χ1) is 9.90. The second-order valence-electron chi connectivity index (χ2n) is 5.04. The van der Waals surface area contributed by atoms with E-state index in [1.807, 2.05) is 44.2 Å². The Morgan fingerprint density at radius 2 is 1.57 bits per heavy atom. The Labute approximate surface area is 134 Å². The molecule has 0 saturated carbocycles. The zero-order valence-corrected chi connectivity index (χ0v) is 14.4. The normalized spacial score (nSPS) is 14.6. The number of hydrogen-bond acceptors (Lipinski definition) is 2. The van der Waals surface area contributed by atoms with Gasteiger partial charge in [-0.25, -0.2) is 13.1 Å². The van der Waals surface area contributed by atoms with Crippen molar-refractivity contribution in [1.29, 1.82) is 0 Å². The minimum atomic E-state index is -3.51. The molecular formula is C16H18BrNO2S. The van der Waals surface area contributed by atoms with E-state index in [0.29, 0.717) is 0 Å². The van der Waals surface area contributed by atoms with E-state index < -0.39 is 10.0 Å². The summed E-state index contributed by atoms with van der Waals surface area (Å²) in [6.45, 7) is 3.77. The molecule has 2 atom stereocenters. The van der Waals surface area contributed by atoms with Crippen LogP contribution in [0.3, 0.4) is 0 Å². The maximum Gasteiger partial charge on any atom is 0.240 e. The number of rotatable bonds is 5. The summed E-state index contributed by atoms with van der Waals surface area (Å²) in [5.74, 6) is 0. The zero-order chi connectivity index (χ0) is 15.5. The van der Waals surface area contributed by atoms with Gasteiger partial charge in [-0.15, -0.1) is 0 Å². The molecule has 0 aliphatic rings. The lowest BCUT2D eigenvalue weighted by molar-refractivity contribution is 0.558. The monoisotopic (exact) mass is 367 g/mol. The third-order valence-corrected chi connectivity index (χ3v) is 6.13. The molecule has 2 aromatic carbocycles. The van der Waals surface area contributed by atoms with Crippen molar-refractivity contribution in [3.63, 3.8) is 0 Å². The Morgan fingerprint density at radius 1 is 1.00 bits per heavy atom. The van der Waals surface area contributed by atoms with Crippen LogP contribution in [-0.2, 0) is 10.0 Å². The highest BCUT2D eigenvalue weighted by atomic mass is 79.9. The molecule has 5 heteroatoms. The number of nitrogens with one attached hydrogen (secondary N) is 1. The van der Waals surface area contributed by atoms with Crippen molar-refractivity contribution in [2.75, 3.05) is 0 Å². The summed E-state index contributed by atoms with van der Waals surface area (Å²) in [5, 5.41) is 0. The van der Waals surface area contributed by atoms with Gasteiger partial charge in [0.1, 0.15) is 0 Å². The molecule has 0 aliphatic carbocycles. The Bertz CT molecular complexity index is 684. The van der Waals surface area contributed by atoms with Crippen molar-refractivity contribution >= 4 is 26.0 Å². The molecule has 21 heavy (non-hydrogen) atoms. The van der Waals surface area contributed by atoms with Gasteiger partial charge in [-0.1, -0.05) is 64.0 Å². The number of benzene rings is 2. The standard InChI is InChI=1S/C16H18BrNO2S/c1-12-8-10-15(11-9-12)21(19,20)18-13(2)16(17)14-6-4-3-5-7-14/h3-11,13,16,18H,1-2H3. The molecule has 0 fully saturated rings. The van der Waals surface area contributed by atoms with Gasteiger partial charge in [0.2, 0.25) is 10.0 Å². The number of alkyl halides is 1. The van der Waals surface area contributed by atoms with E-state index in [0.717, 1.165) is 11.1 Å². The average Bonchev–Trinajstić information content (AvgIpc) is 2.47. The van der Waals surface area contributed by atoms with Crippen molar-refractivity contribution in [2.45, 2.75) is 29.6 Å². The lowest BCUT2D eigenvalue weighted by Crippen LogP contribution is -2.35. The van der Waals surface area contributed by atoms with Crippen molar-refractivity contribution in [2.24, 2.45) is 0 Å². The molecule has 0 spiro atoms. The van der Waals surface area contributed by atoms with Crippen LogP contribution in [0, 0.1) is 6.92 Å². The van der Waals surface area contributed by atoms with Gasteiger partial charge in [-0.2, -0.15) is 0 Å². The molecule has 2 unspecified atom stereocenters. The molecule has 2 rings (SSSR count). The minimum Gasteiger partial charge on any atom is -0.207 e. The number of aryl methyl sites for hydroxylation is 1. The third kappa shape index (κ3) is 4.15. The first-order valence-corrected chi connectivity index (χ1v) is 9.08. The second-order valence-corrected chi connectivity index (χ2v) is 7.74. The number of sulfonamides is 1. The smallest absolute Gasteiger partial charge is 0.207 e. The van der Waals surface area contributed by atoms with Gasteiger partial charge in [0, 0.05) is 6.04 Å². The molecule has 0 radical (unpaired) electrons. The predicted molar refractivity (Wildman–Crippen MR) is 89.1 cm³/mol. The van der Waals surface area contributed by atoms with Crippen LogP contribution in [-0.4, -0.2) is 14.5 Å². The highest BCUT2D eigenvalue weighted by Crippen LogP contribution is 2.27. The van der Waals surface area contributed by atoms with Gasteiger partial charge >= 0.3 is 0 Å². The van der Waals surface area contributed by atoms with E-state index in [1.54, 1.807) is 24.3 Å². The van der Waals surface area contributed by atoms with E-state index in [-0.39, 0.29) is 15.8 Å². The fourth-order valence-electron chi connectivity index (χ4n) is 2.02. The van der Waals surface area contributed by atoms with Gasteiger partial charge in [0.05, 0.1) is 9.72 Å². The van der Waals surface area contributed by atoms with Crippen LogP contribution in [0.15, 0.2) is 59.5 Å². The van der Waals surface area contributed by atoms with E-state index in [4.69, 9.17) is 0 Å². The summed E-state index contributed by atoms with van der Waals surface area (Å²) in [7, 11) is -3.51. The highest BCUT2D eigenvalue weighted by molar-refractivity contribution is 9.09. The van der Waals surface area contributed by atoms with E-state index in [1.165, 1.54) is 0 Å². The Balaban J connectivity index is 2.14. The molecule has 0 amide bonds. The van der Waals surface area contributed by atoms with Crippen LogP contribution in [0.2, 0.25) is 0 Å². The fourth-order valence-corrected chi connectivity index (χ4v) is 3.88. The fraction of sp³-hybridized carbons (Fsp3) is 0.250. The maximum atomic E-state index is 12.4. The van der Waals surface area contributed by atoms with Gasteiger partial charge in [0.15, 0.2) is 0 Å². The SMILES string of the molecule is Cc1ccc(S(=O)(=O)NC(C)C(Br)c2ccccc2)cc1. The molecule has 0 saturated heterocycles. The van der Waals surface area contributed by atoms with Crippen molar-refractivity contribution in [1.82, 2.24) is 4.72 Å². The summed E-state index contributed by atoms with van der Waals surface area (Å²) < 4.78 is 27.4. The lowest BCUT2D eigenvalue weighted by Gasteiger charge is -2.20. The van der Waals surface area contributed by atoms with E-state index >= 15 is 0 Å². The van der Waals surface area contributed by atoms with Crippen LogP contribution in [0.1, 0.15) is 22.9 Å². The molecule has 0 aliphatic heterocycles. The molecular weight excluding hydrogens is 350 g/mol. The summed E-state index contributed by atoms with van der Waals surface area (Å²) in [6.07, 6.45) is 0. The number of halogens is 1. The Kier molecular flexibility index (Phi) is 5.19. The molecule has 0 aromatic heterocycles. The first-order valence-electron chi connectivity index (χ1n) is 6.68. The first kappa shape index (κ1) is 16.2. The lowest BCUT2D eigenvalue weighted by atomic mass is 10.1. The van der Waals surface area contributed by atoms with E-state index in [2.05, 4.69) is 20.7 Å². The summed E-state index contributed by atoms with van der Waals surface area (Å²) in [5.41, 5.74) is 2.07. The second kappa shape index (κ2) is 6.73. The van der Waals surface area contributed by atoms with Crippen molar-refractivity contribution in [3.05, 3.63) is 65.7 Å². The highest BCUT2D eigenvalue weighted by Gasteiger charge is 2.22. The number of hydrogen-bond donors (Lipinski definition) is 1. The van der Waals surface area contributed by atoms with Crippen LogP contribution >= 0.6 is 15.9 Å². The van der Waals surface area contributed by atoms with Crippen LogP contribution in [0.4, 0.5) is 0 Å². The van der Waals surface area contributed by atoms with Crippen LogP contribution < -0.4 is 4.72 Å². The molecule has 2 aromatic rings. The largest absolute Gasteiger partial charge is 0.240 e. The zero-order valence-electron chi connectivity index (χ0n) is 12.0. The Hall–Kier alpha value is -1.17.